The van der Waals surface area contributed by atoms with Crippen molar-refractivity contribution in [2.75, 3.05) is 24.5 Å². The van der Waals surface area contributed by atoms with Crippen LogP contribution in [0.25, 0.3) is 0 Å². The summed E-state index contributed by atoms with van der Waals surface area (Å²) < 4.78 is 27.6. The highest BCUT2D eigenvalue weighted by Crippen LogP contribution is 2.32. The number of benzene rings is 1. The first-order valence-electron chi connectivity index (χ1n) is 7.98. The number of nitrogens with zero attached hydrogens (tertiary/aromatic N) is 2. The van der Waals surface area contributed by atoms with E-state index in [2.05, 4.69) is 5.32 Å². The summed E-state index contributed by atoms with van der Waals surface area (Å²) in [6, 6.07) is 5.16. The van der Waals surface area contributed by atoms with E-state index in [9.17, 15) is 13.2 Å². The molecule has 2 heterocycles. The normalized spacial score (nSPS) is 25.4. The minimum absolute atomic E-state index is 0.0533. The van der Waals surface area contributed by atoms with Crippen LogP contribution in [0, 0.1) is 0 Å². The van der Waals surface area contributed by atoms with E-state index < -0.39 is 10.0 Å². The summed E-state index contributed by atoms with van der Waals surface area (Å²) in [6.45, 7) is 7.15. The van der Waals surface area contributed by atoms with Gasteiger partial charge in [0.25, 0.3) is 0 Å². The monoisotopic (exact) mass is 337 g/mol. The smallest absolute Gasteiger partial charge is 0.243 e. The summed E-state index contributed by atoms with van der Waals surface area (Å²) >= 11 is 0. The highest BCUT2D eigenvalue weighted by molar-refractivity contribution is 7.89. The Morgan fingerprint density at radius 2 is 2.00 bits per heavy atom. The Kier molecular flexibility index (Phi) is 4.20. The minimum Gasteiger partial charge on any atom is -0.312 e. The maximum absolute atomic E-state index is 13.0. The molecule has 1 amide bonds. The van der Waals surface area contributed by atoms with Crippen molar-refractivity contribution in [3.05, 3.63) is 23.8 Å². The van der Waals surface area contributed by atoms with Crippen LogP contribution in [-0.4, -0.2) is 50.3 Å². The molecule has 0 spiro atoms. The van der Waals surface area contributed by atoms with E-state index in [0.717, 1.165) is 17.7 Å². The Balaban J connectivity index is 1.98. The van der Waals surface area contributed by atoms with Gasteiger partial charge in [-0.25, -0.2) is 8.42 Å². The van der Waals surface area contributed by atoms with Gasteiger partial charge >= 0.3 is 0 Å². The summed E-state index contributed by atoms with van der Waals surface area (Å²) in [5, 5.41) is 3.29. The number of fused-ring (bicyclic) bond motifs is 1. The van der Waals surface area contributed by atoms with Crippen molar-refractivity contribution >= 4 is 21.6 Å². The van der Waals surface area contributed by atoms with E-state index in [4.69, 9.17) is 0 Å². The molecule has 7 heteroatoms. The van der Waals surface area contributed by atoms with Crippen LogP contribution in [0.3, 0.4) is 0 Å². The number of hydrogen-bond donors (Lipinski definition) is 1. The SMILES string of the molecule is CC(=O)N1CCc2ccc(S(=O)(=O)N3CCNC(C)C3C)cc21. The number of carbonyl (C=O) groups excluding carboxylic acids is 1. The number of piperazine rings is 1. The van der Waals surface area contributed by atoms with Crippen molar-refractivity contribution in [1.82, 2.24) is 9.62 Å². The first-order valence-corrected chi connectivity index (χ1v) is 9.42. The Bertz CT molecular complexity index is 732. The maximum Gasteiger partial charge on any atom is 0.243 e. The first-order chi connectivity index (χ1) is 10.8. The maximum atomic E-state index is 13.0. The van der Waals surface area contributed by atoms with E-state index in [-0.39, 0.29) is 22.9 Å². The molecule has 2 aliphatic rings. The van der Waals surface area contributed by atoms with Crippen LogP contribution in [0.5, 0.6) is 0 Å². The lowest BCUT2D eigenvalue weighted by molar-refractivity contribution is -0.116. The van der Waals surface area contributed by atoms with E-state index in [1.54, 1.807) is 21.3 Å². The van der Waals surface area contributed by atoms with E-state index in [1.807, 2.05) is 19.9 Å². The van der Waals surface area contributed by atoms with Crippen LogP contribution in [0.2, 0.25) is 0 Å². The quantitative estimate of drug-likeness (QED) is 0.873. The Labute approximate surface area is 137 Å². The van der Waals surface area contributed by atoms with Gasteiger partial charge in [-0.1, -0.05) is 6.07 Å². The van der Waals surface area contributed by atoms with Gasteiger partial charge in [-0.2, -0.15) is 4.31 Å². The number of amides is 1. The molecule has 1 fully saturated rings. The zero-order valence-corrected chi connectivity index (χ0v) is 14.6. The van der Waals surface area contributed by atoms with Crippen molar-refractivity contribution < 1.29 is 13.2 Å². The zero-order chi connectivity index (χ0) is 16.8. The topological polar surface area (TPSA) is 69.7 Å². The van der Waals surface area contributed by atoms with Crippen LogP contribution in [-0.2, 0) is 21.2 Å². The van der Waals surface area contributed by atoms with Crippen LogP contribution in [0.1, 0.15) is 26.3 Å². The molecule has 2 unspecified atom stereocenters. The summed E-state index contributed by atoms with van der Waals surface area (Å²) in [5.41, 5.74) is 1.76. The number of nitrogens with one attached hydrogen (secondary N) is 1. The number of sulfonamides is 1. The van der Waals surface area contributed by atoms with Crippen molar-refractivity contribution in [3.63, 3.8) is 0 Å². The van der Waals surface area contributed by atoms with E-state index in [1.165, 1.54) is 6.92 Å². The summed E-state index contributed by atoms with van der Waals surface area (Å²) in [6.07, 6.45) is 0.774. The van der Waals surface area contributed by atoms with E-state index >= 15 is 0 Å². The fourth-order valence-electron chi connectivity index (χ4n) is 3.35. The lowest BCUT2D eigenvalue weighted by atomic mass is 10.1. The highest BCUT2D eigenvalue weighted by Gasteiger charge is 2.35. The molecular formula is C16H23N3O3S. The Morgan fingerprint density at radius 1 is 1.26 bits per heavy atom. The number of rotatable bonds is 2. The Hall–Kier alpha value is -1.44. The molecule has 0 bridgehead atoms. The third-order valence-corrected chi connectivity index (χ3v) is 6.90. The first kappa shape index (κ1) is 16.4. The van der Waals surface area contributed by atoms with Gasteiger partial charge < -0.3 is 10.2 Å². The fourth-order valence-corrected chi connectivity index (χ4v) is 5.07. The van der Waals surface area contributed by atoms with Gasteiger partial charge in [0.2, 0.25) is 15.9 Å². The second-order valence-corrected chi connectivity index (χ2v) is 8.20. The molecule has 0 radical (unpaired) electrons. The second kappa shape index (κ2) is 5.89. The largest absolute Gasteiger partial charge is 0.312 e. The van der Waals surface area contributed by atoms with Crippen molar-refractivity contribution in [3.8, 4) is 0 Å². The average Bonchev–Trinajstić information content (AvgIpc) is 2.93. The molecule has 6 nitrogen and oxygen atoms in total. The number of carbonyl (C=O) groups is 1. The second-order valence-electron chi connectivity index (χ2n) is 6.31. The standard InChI is InChI=1S/C16H23N3O3S/c1-11-12(2)19(9-7-17-11)23(21,22)15-5-4-14-6-8-18(13(3)20)16(14)10-15/h4-5,10-12,17H,6-9H2,1-3H3. The predicted molar refractivity (Wildman–Crippen MR) is 89.0 cm³/mol. The van der Waals surface area contributed by atoms with Gasteiger partial charge in [0, 0.05) is 44.3 Å². The molecule has 126 valence electrons. The Morgan fingerprint density at radius 3 is 2.70 bits per heavy atom. The third kappa shape index (κ3) is 2.77. The van der Waals surface area contributed by atoms with Gasteiger partial charge in [0.05, 0.1) is 4.90 Å². The minimum atomic E-state index is -3.56. The molecule has 2 atom stereocenters. The molecule has 1 aromatic rings. The van der Waals surface area contributed by atoms with Gasteiger partial charge in [0.15, 0.2) is 0 Å². The summed E-state index contributed by atoms with van der Waals surface area (Å²) in [5.74, 6) is -0.0533. The molecule has 0 aliphatic carbocycles. The summed E-state index contributed by atoms with van der Waals surface area (Å²) in [7, 11) is -3.56. The number of hydrogen-bond acceptors (Lipinski definition) is 4. The third-order valence-electron chi connectivity index (χ3n) is 4.92. The van der Waals surface area contributed by atoms with Crippen molar-refractivity contribution in [2.45, 2.75) is 44.2 Å². The predicted octanol–water partition coefficient (Wildman–Crippen LogP) is 0.967. The number of anilines is 1. The van der Waals surface area contributed by atoms with Gasteiger partial charge in [-0.15, -0.1) is 0 Å². The average molecular weight is 337 g/mol. The molecule has 0 saturated carbocycles. The molecule has 0 aromatic heterocycles. The molecule has 1 N–H and O–H groups in total. The zero-order valence-electron chi connectivity index (χ0n) is 13.7. The van der Waals surface area contributed by atoms with Crippen molar-refractivity contribution in [2.24, 2.45) is 0 Å². The summed E-state index contributed by atoms with van der Waals surface area (Å²) in [4.78, 5) is 13.6. The van der Waals surface area contributed by atoms with E-state index in [0.29, 0.717) is 19.6 Å². The van der Waals surface area contributed by atoms with Gasteiger partial charge in [0.1, 0.15) is 0 Å². The lowest BCUT2D eigenvalue weighted by Crippen LogP contribution is -2.57. The van der Waals surface area contributed by atoms with Crippen LogP contribution in [0.15, 0.2) is 23.1 Å². The van der Waals surface area contributed by atoms with Crippen molar-refractivity contribution in [1.29, 1.82) is 0 Å². The van der Waals surface area contributed by atoms with Gasteiger partial charge in [-0.05, 0) is 38.0 Å². The fraction of sp³-hybridized carbons (Fsp3) is 0.562. The molecular weight excluding hydrogens is 314 g/mol. The van der Waals surface area contributed by atoms with Crippen LogP contribution >= 0.6 is 0 Å². The molecule has 1 aromatic carbocycles. The van der Waals surface area contributed by atoms with Crippen LogP contribution in [0.4, 0.5) is 5.69 Å². The molecule has 23 heavy (non-hydrogen) atoms. The molecule has 1 saturated heterocycles. The molecule has 3 rings (SSSR count). The van der Waals surface area contributed by atoms with Crippen LogP contribution < -0.4 is 10.2 Å². The molecule has 2 aliphatic heterocycles. The highest BCUT2D eigenvalue weighted by atomic mass is 32.2. The van der Waals surface area contributed by atoms with Gasteiger partial charge in [-0.3, -0.25) is 4.79 Å². The lowest BCUT2D eigenvalue weighted by Gasteiger charge is -2.37.